The standard InChI is InChI=1S/C38H44S2/c1-3-5-7-9-11-13-15-27-25-35-31-17-20-34-36(32(31)18-19-33(35)37-29(27)21-23-39-37)26-28(30-22-24-40-38(30)34)16-14-12-10-8-6-4-2/h17-26H,3-16H2,1-2H3. The third-order valence-electron chi connectivity index (χ3n) is 9.03. The molecule has 0 nitrogen and oxygen atoms in total. The average molecular weight is 565 g/mol. The number of rotatable bonds is 14. The first-order valence-corrected chi connectivity index (χ1v) is 17.7. The van der Waals surface area contributed by atoms with Gasteiger partial charge in [0.25, 0.3) is 0 Å². The van der Waals surface area contributed by atoms with Gasteiger partial charge in [-0.2, -0.15) is 0 Å². The van der Waals surface area contributed by atoms with Crippen molar-refractivity contribution >= 4 is 75.2 Å². The summed E-state index contributed by atoms with van der Waals surface area (Å²) in [6, 6.07) is 19.5. The second kappa shape index (κ2) is 13.0. The smallest absolute Gasteiger partial charge is 0.0424 e. The van der Waals surface area contributed by atoms with Crippen molar-refractivity contribution in [3.05, 3.63) is 70.4 Å². The van der Waals surface area contributed by atoms with Crippen LogP contribution in [0.15, 0.2) is 59.3 Å². The molecule has 2 heterocycles. The quantitative estimate of drug-likeness (QED) is 0.0911. The third kappa shape index (κ3) is 5.55. The van der Waals surface area contributed by atoms with Crippen LogP contribution in [0.4, 0.5) is 0 Å². The summed E-state index contributed by atoms with van der Waals surface area (Å²) in [6.45, 7) is 4.60. The highest BCUT2D eigenvalue weighted by atomic mass is 32.1. The van der Waals surface area contributed by atoms with Gasteiger partial charge in [-0.15, -0.1) is 22.7 Å². The highest BCUT2D eigenvalue weighted by Crippen LogP contribution is 2.41. The van der Waals surface area contributed by atoms with Crippen LogP contribution in [-0.2, 0) is 12.8 Å². The van der Waals surface area contributed by atoms with Crippen molar-refractivity contribution in [2.24, 2.45) is 0 Å². The second-order valence-electron chi connectivity index (χ2n) is 11.9. The summed E-state index contributed by atoms with van der Waals surface area (Å²) in [5.41, 5.74) is 3.09. The molecule has 0 bridgehead atoms. The Bertz CT molecular complexity index is 1600. The van der Waals surface area contributed by atoms with Crippen LogP contribution in [0.2, 0.25) is 0 Å². The number of unbranched alkanes of at least 4 members (excludes halogenated alkanes) is 10. The molecule has 0 unspecified atom stereocenters. The van der Waals surface area contributed by atoms with Crippen molar-refractivity contribution in [2.75, 3.05) is 0 Å². The van der Waals surface area contributed by atoms with Crippen LogP contribution >= 0.6 is 22.7 Å². The minimum Gasteiger partial charge on any atom is -0.143 e. The van der Waals surface area contributed by atoms with Gasteiger partial charge in [-0.05, 0) is 104 Å². The predicted molar refractivity (Wildman–Crippen MR) is 184 cm³/mol. The molecule has 0 spiro atoms. The van der Waals surface area contributed by atoms with Gasteiger partial charge in [-0.1, -0.05) is 102 Å². The van der Waals surface area contributed by atoms with Crippen LogP contribution in [0.25, 0.3) is 52.5 Å². The lowest BCUT2D eigenvalue weighted by molar-refractivity contribution is 0.608. The third-order valence-corrected chi connectivity index (χ3v) is 10.9. The van der Waals surface area contributed by atoms with E-state index in [0.29, 0.717) is 0 Å². The first-order valence-electron chi connectivity index (χ1n) is 16.0. The minimum absolute atomic E-state index is 1.19. The summed E-state index contributed by atoms with van der Waals surface area (Å²) < 4.78 is 2.94. The number of aryl methyl sites for hydroxylation is 2. The Morgan fingerprint density at radius 1 is 0.400 bits per heavy atom. The highest BCUT2D eigenvalue weighted by molar-refractivity contribution is 7.18. The Morgan fingerprint density at radius 3 is 1.25 bits per heavy atom. The van der Waals surface area contributed by atoms with Crippen molar-refractivity contribution in [1.82, 2.24) is 0 Å². The van der Waals surface area contributed by atoms with Gasteiger partial charge in [-0.25, -0.2) is 0 Å². The van der Waals surface area contributed by atoms with Crippen LogP contribution in [0, 0.1) is 0 Å². The Morgan fingerprint density at radius 2 is 0.800 bits per heavy atom. The molecule has 2 heteroatoms. The molecular formula is C38H44S2. The van der Waals surface area contributed by atoms with E-state index in [-0.39, 0.29) is 0 Å². The monoisotopic (exact) mass is 564 g/mol. The summed E-state index contributed by atoms with van der Waals surface area (Å²) in [4.78, 5) is 0. The molecule has 6 aromatic rings. The largest absolute Gasteiger partial charge is 0.143 e. The van der Waals surface area contributed by atoms with E-state index in [9.17, 15) is 0 Å². The minimum atomic E-state index is 1.19. The molecule has 6 rings (SSSR count). The van der Waals surface area contributed by atoms with E-state index in [1.54, 1.807) is 11.1 Å². The number of hydrogen-bond donors (Lipinski definition) is 0. The van der Waals surface area contributed by atoms with Crippen LogP contribution in [0.5, 0.6) is 0 Å². The zero-order valence-corrected chi connectivity index (χ0v) is 26.1. The molecule has 0 aliphatic heterocycles. The van der Waals surface area contributed by atoms with Gasteiger partial charge in [-0.3, -0.25) is 0 Å². The number of hydrogen-bond acceptors (Lipinski definition) is 2. The maximum Gasteiger partial charge on any atom is 0.0424 e. The van der Waals surface area contributed by atoms with Gasteiger partial charge < -0.3 is 0 Å². The first kappa shape index (κ1) is 27.7. The molecule has 208 valence electrons. The number of fused-ring (bicyclic) bond motifs is 9. The summed E-state index contributed by atoms with van der Waals surface area (Å²) in [6.07, 6.45) is 18.6. The summed E-state index contributed by atoms with van der Waals surface area (Å²) >= 11 is 3.83. The van der Waals surface area contributed by atoms with Crippen LogP contribution in [0.3, 0.4) is 0 Å². The Labute approximate surface area is 248 Å². The molecule has 0 saturated heterocycles. The average Bonchev–Trinajstić information content (AvgIpc) is 3.67. The zero-order chi connectivity index (χ0) is 27.3. The molecule has 0 amide bonds. The SMILES string of the molecule is CCCCCCCCc1cc2c3ccc4c(cc(CCCCCCCC)c5ccsc54)c3ccc2c2sccc12. The molecule has 0 fully saturated rings. The van der Waals surface area contributed by atoms with Crippen molar-refractivity contribution in [3.8, 4) is 0 Å². The normalized spacial score (nSPS) is 12.2. The lowest BCUT2D eigenvalue weighted by Crippen LogP contribution is -1.91. The maximum absolute atomic E-state index is 2.55. The maximum atomic E-state index is 2.55. The van der Waals surface area contributed by atoms with E-state index in [4.69, 9.17) is 0 Å². The molecule has 0 saturated carbocycles. The zero-order valence-electron chi connectivity index (χ0n) is 24.5. The van der Waals surface area contributed by atoms with Gasteiger partial charge in [0.2, 0.25) is 0 Å². The lowest BCUT2D eigenvalue weighted by Gasteiger charge is -2.14. The van der Waals surface area contributed by atoms with Crippen LogP contribution in [-0.4, -0.2) is 0 Å². The van der Waals surface area contributed by atoms with Gasteiger partial charge >= 0.3 is 0 Å². The molecule has 2 aromatic heterocycles. The van der Waals surface area contributed by atoms with E-state index in [1.165, 1.54) is 142 Å². The fraction of sp³-hybridized carbons (Fsp3) is 0.421. The summed E-state index contributed by atoms with van der Waals surface area (Å²) in [5.74, 6) is 0. The summed E-state index contributed by atoms with van der Waals surface area (Å²) in [7, 11) is 0. The Kier molecular flexibility index (Phi) is 9.05. The van der Waals surface area contributed by atoms with E-state index in [0.717, 1.165) is 0 Å². The molecule has 4 aromatic carbocycles. The fourth-order valence-electron chi connectivity index (χ4n) is 6.81. The van der Waals surface area contributed by atoms with E-state index in [1.807, 2.05) is 22.7 Å². The van der Waals surface area contributed by atoms with E-state index >= 15 is 0 Å². The highest BCUT2D eigenvalue weighted by Gasteiger charge is 2.14. The number of benzene rings is 4. The van der Waals surface area contributed by atoms with Crippen LogP contribution in [0.1, 0.15) is 102 Å². The molecule has 0 radical (unpaired) electrons. The van der Waals surface area contributed by atoms with Crippen molar-refractivity contribution in [2.45, 2.75) is 104 Å². The molecule has 0 atom stereocenters. The molecular weight excluding hydrogens is 521 g/mol. The molecule has 40 heavy (non-hydrogen) atoms. The Hall–Kier alpha value is -2.42. The van der Waals surface area contributed by atoms with Gasteiger partial charge in [0.05, 0.1) is 0 Å². The topological polar surface area (TPSA) is 0 Å². The van der Waals surface area contributed by atoms with E-state index in [2.05, 4.69) is 73.1 Å². The van der Waals surface area contributed by atoms with Gasteiger partial charge in [0.1, 0.15) is 0 Å². The summed E-state index contributed by atoms with van der Waals surface area (Å²) in [5, 5.41) is 16.1. The first-order chi connectivity index (χ1) is 19.8. The second-order valence-corrected chi connectivity index (χ2v) is 13.7. The predicted octanol–water partition coefficient (Wildman–Crippen LogP) is 13.4. The van der Waals surface area contributed by atoms with Gasteiger partial charge in [0, 0.05) is 20.2 Å². The molecule has 0 aliphatic carbocycles. The van der Waals surface area contributed by atoms with Gasteiger partial charge in [0.15, 0.2) is 0 Å². The van der Waals surface area contributed by atoms with Crippen LogP contribution < -0.4 is 0 Å². The Balaban J connectivity index is 1.39. The van der Waals surface area contributed by atoms with Crippen molar-refractivity contribution in [3.63, 3.8) is 0 Å². The van der Waals surface area contributed by atoms with Crippen molar-refractivity contribution in [1.29, 1.82) is 0 Å². The fourth-order valence-corrected chi connectivity index (χ4v) is 8.75. The molecule has 0 aliphatic rings. The lowest BCUT2D eigenvalue weighted by atomic mass is 9.91. The number of thiophene rings is 2. The molecule has 0 N–H and O–H groups in total. The van der Waals surface area contributed by atoms with E-state index < -0.39 is 0 Å². The van der Waals surface area contributed by atoms with Crippen molar-refractivity contribution < 1.29 is 0 Å².